The second kappa shape index (κ2) is 5.06. The molecule has 2 rings (SSSR count). The van der Waals surface area contributed by atoms with Crippen LogP contribution in [0.2, 0.25) is 0 Å². The summed E-state index contributed by atoms with van der Waals surface area (Å²) >= 11 is 3.12. The van der Waals surface area contributed by atoms with Crippen molar-refractivity contribution in [3.05, 3.63) is 46.6 Å². The van der Waals surface area contributed by atoms with Crippen LogP contribution in [0.15, 0.2) is 50.6 Å². The van der Waals surface area contributed by atoms with E-state index >= 15 is 0 Å². The highest BCUT2D eigenvalue weighted by Crippen LogP contribution is 2.22. The lowest BCUT2D eigenvalue weighted by Gasteiger charge is -2.07. The fourth-order valence-electron chi connectivity index (χ4n) is 1.39. The van der Waals surface area contributed by atoms with Crippen molar-refractivity contribution in [2.45, 2.75) is 5.09 Å². The molecular formula is C11H8BrNO5S. The molecule has 1 aromatic carbocycles. The molecule has 0 amide bonds. The molecule has 0 aliphatic carbocycles. The molecule has 0 radical (unpaired) electrons. The lowest BCUT2D eigenvalue weighted by molar-refractivity contribution is 0.0697. The zero-order chi connectivity index (χ0) is 14.0. The van der Waals surface area contributed by atoms with E-state index in [4.69, 9.17) is 9.52 Å². The van der Waals surface area contributed by atoms with Crippen LogP contribution >= 0.6 is 15.9 Å². The van der Waals surface area contributed by atoms with Crippen molar-refractivity contribution in [2.24, 2.45) is 0 Å². The number of carbonyl (C=O) groups is 1. The van der Waals surface area contributed by atoms with Crippen molar-refractivity contribution in [3.63, 3.8) is 0 Å². The first-order valence-electron chi connectivity index (χ1n) is 4.99. The molecule has 0 atom stereocenters. The molecule has 0 fully saturated rings. The summed E-state index contributed by atoms with van der Waals surface area (Å²) in [7, 11) is -3.86. The third kappa shape index (κ3) is 3.15. The third-order valence-corrected chi connectivity index (χ3v) is 3.88. The number of rotatable bonds is 4. The minimum absolute atomic E-state index is 0.0356. The number of anilines is 1. The highest BCUT2D eigenvalue weighted by molar-refractivity contribution is 9.10. The van der Waals surface area contributed by atoms with Gasteiger partial charge in [-0.3, -0.25) is 4.72 Å². The zero-order valence-corrected chi connectivity index (χ0v) is 11.7. The maximum absolute atomic E-state index is 11.9. The van der Waals surface area contributed by atoms with Crippen LogP contribution in [0, 0.1) is 0 Å². The summed E-state index contributed by atoms with van der Waals surface area (Å²) in [5.74, 6) is -1.15. The van der Waals surface area contributed by atoms with E-state index in [9.17, 15) is 13.2 Å². The number of hydrogen-bond donors (Lipinski definition) is 2. The van der Waals surface area contributed by atoms with Crippen LogP contribution in [0.1, 0.15) is 10.4 Å². The highest BCUT2D eigenvalue weighted by atomic mass is 79.9. The van der Waals surface area contributed by atoms with Gasteiger partial charge < -0.3 is 9.52 Å². The lowest BCUT2D eigenvalue weighted by Crippen LogP contribution is -2.12. The van der Waals surface area contributed by atoms with Gasteiger partial charge in [-0.2, -0.15) is 8.42 Å². The van der Waals surface area contributed by atoms with Gasteiger partial charge in [-0.15, -0.1) is 0 Å². The first-order valence-corrected chi connectivity index (χ1v) is 7.26. The Balaban J connectivity index is 2.37. The number of furan rings is 1. The monoisotopic (exact) mass is 345 g/mol. The summed E-state index contributed by atoms with van der Waals surface area (Å²) in [4.78, 5) is 10.9. The van der Waals surface area contributed by atoms with Gasteiger partial charge in [-0.1, -0.05) is 15.9 Å². The van der Waals surface area contributed by atoms with Gasteiger partial charge in [0.15, 0.2) is 0 Å². The summed E-state index contributed by atoms with van der Waals surface area (Å²) in [6, 6.07) is 6.77. The number of benzene rings is 1. The average Bonchev–Trinajstić information content (AvgIpc) is 2.81. The Morgan fingerprint density at radius 3 is 2.63 bits per heavy atom. The van der Waals surface area contributed by atoms with E-state index in [1.165, 1.54) is 36.6 Å². The number of aromatic carboxylic acids is 1. The van der Waals surface area contributed by atoms with Crippen LogP contribution in [0.3, 0.4) is 0 Å². The molecule has 2 aromatic rings. The van der Waals surface area contributed by atoms with Crippen LogP contribution in [0.5, 0.6) is 0 Å². The SMILES string of the molecule is O=C(O)c1cc(Br)cc(NS(=O)(=O)c2ccco2)c1. The first kappa shape index (κ1) is 13.6. The first-order chi connectivity index (χ1) is 8.88. The largest absolute Gasteiger partial charge is 0.478 e. The standard InChI is InChI=1S/C11H8BrNO5S/c12-8-4-7(11(14)15)5-9(6-8)13-19(16,17)10-2-1-3-18-10/h1-6,13H,(H,14,15). The summed E-state index contributed by atoms with van der Waals surface area (Å²) in [5.41, 5.74) is 0.0923. The van der Waals surface area contributed by atoms with Gasteiger partial charge in [0.25, 0.3) is 10.0 Å². The van der Waals surface area contributed by atoms with E-state index in [-0.39, 0.29) is 16.3 Å². The molecule has 0 unspecified atom stereocenters. The molecule has 6 nitrogen and oxygen atoms in total. The molecule has 0 aliphatic rings. The maximum Gasteiger partial charge on any atom is 0.335 e. The van der Waals surface area contributed by atoms with Gasteiger partial charge in [0.2, 0.25) is 5.09 Å². The van der Waals surface area contributed by atoms with Crippen molar-refractivity contribution < 1.29 is 22.7 Å². The molecule has 8 heteroatoms. The van der Waals surface area contributed by atoms with E-state index in [1.807, 2.05) is 0 Å². The topological polar surface area (TPSA) is 96.6 Å². The minimum atomic E-state index is -3.86. The molecule has 1 heterocycles. The summed E-state index contributed by atoms with van der Waals surface area (Å²) in [5, 5.41) is 8.65. The Morgan fingerprint density at radius 2 is 2.05 bits per heavy atom. The van der Waals surface area contributed by atoms with E-state index in [1.54, 1.807) is 0 Å². The Morgan fingerprint density at radius 1 is 1.32 bits per heavy atom. The fourth-order valence-corrected chi connectivity index (χ4v) is 2.86. The minimum Gasteiger partial charge on any atom is -0.478 e. The summed E-state index contributed by atoms with van der Waals surface area (Å²) in [6.07, 6.45) is 1.23. The zero-order valence-electron chi connectivity index (χ0n) is 9.33. The number of halogens is 1. The maximum atomic E-state index is 11.9. The van der Waals surface area contributed by atoms with Gasteiger partial charge in [-0.25, -0.2) is 4.79 Å². The van der Waals surface area contributed by atoms with E-state index < -0.39 is 16.0 Å². The molecular weight excluding hydrogens is 338 g/mol. The Labute approximate surface area is 117 Å². The van der Waals surface area contributed by atoms with Crippen molar-refractivity contribution >= 4 is 37.6 Å². The van der Waals surface area contributed by atoms with Crippen LogP contribution in [0.4, 0.5) is 5.69 Å². The van der Waals surface area contributed by atoms with Crippen molar-refractivity contribution in [3.8, 4) is 0 Å². The number of hydrogen-bond acceptors (Lipinski definition) is 4. The van der Waals surface area contributed by atoms with Crippen LogP contribution in [0.25, 0.3) is 0 Å². The molecule has 1 aromatic heterocycles. The molecule has 2 N–H and O–H groups in total. The third-order valence-electron chi connectivity index (χ3n) is 2.16. The van der Waals surface area contributed by atoms with E-state index in [0.717, 1.165) is 0 Å². The average molecular weight is 346 g/mol. The lowest BCUT2D eigenvalue weighted by atomic mass is 10.2. The van der Waals surface area contributed by atoms with Gasteiger partial charge in [0, 0.05) is 4.47 Å². The Kier molecular flexibility index (Phi) is 3.63. The van der Waals surface area contributed by atoms with Crippen LogP contribution < -0.4 is 4.72 Å². The van der Waals surface area contributed by atoms with E-state index in [2.05, 4.69) is 20.7 Å². The molecule has 100 valence electrons. The summed E-state index contributed by atoms with van der Waals surface area (Å²) < 4.78 is 31.3. The number of nitrogens with one attached hydrogen (secondary N) is 1. The van der Waals surface area contributed by atoms with Gasteiger partial charge in [0.05, 0.1) is 17.5 Å². The second-order valence-corrected chi connectivity index (χ2v) is 6.10. The number of carboxylic acid groups (broad SMARTS) is 1. The van der Waals surface area contributed by atoms with Crippen molar-refractivity contribution in [1.29, 1.82) is 0 Å². The Bertz CT molecular complexity index is 709. The second-order valence-electron chi connectivity index (χ2n) is 3.57. The van der Waals surface area contributed by atoms with E-state index in [0.29, 0.717) is 4.47 Å². The van der Waals surface area contributed by atoms with Gasteiger partial charge >= 0.3 is 5.97 Å². The van der Waals surface area contributed by atoms with Crippen LogP contribution in [-0.4, -0.2) is 19.5 Å². The predicted molar refractivity (Wildman–Crippen MR) is 70.6 cm³/mol. The fraction of sp³-hybridized carbons (Fsp3) is 0. The summed E-state index contributed by atoms with van der Waals surface area (Å²) in [6.45, 7) is 0. The molecule has 0 bridgehead atoms. The molecule has 0 aliphatic heterocycles. The Hall–Kier alpha value is -1.80. The molecule has 0 saturated carbocycles. The quantitative estimate of drug-likeness (QED) is 0.887. The number of carboxylic acids is 1. The molecule has 0 saturated heterocycles. The smallest absolute Gasteiger partial charge is 0.335 e. The molecule has 0 spiro atoms. The molecule has 19 heavy (non-hydrogen) atoms. The normalized spacial score (nSPS) is 11.2. The van der Waals surface area contributed by atoms with Crippen LogP contribution in [-0.2, 0) is 10.0 Å². The van der Waals surface area contributed by atoms with Crippen molar-refractivity contribution in [2.75, 3.05) is 4.72 Å². The number of sulfonamides is 1. The highest BCUT2D eigenvalue weighted by Gasteiger charge is 2.18. The predicted octanol–water partition coefficient (Wildman–Crippen LogP) is 2.54. The van der Waals surface area contributed by atoms with Gasteiger partial charge in [-0.05, 0) is 30.3 Å². The van der Waals surface area contributed by atoms with Gasteiger partial charge in [0.1, 0.15) is 0 Å². The van der Waals surface area contributed by atoms with Crippen molar-refractivity contribution in [1.82, 2.24) is 0 Å².